The maximum absolute atomic E-state index is 6.75. The number of para-hydroxylation sites is 1. The molecule has 0 amide bonds. The van der Waals surface area contributed by atoms with Crippen LogP contribution in [0.2, 0.25) is 0 Å². The van der Waals surface area contributed by atoms with Gasteiger partial charge in [-0.3, -0.25) is 0 Å². The summed E-state index contributed by atoms with van der Waals surface area (Å²) in [6.07, 6.45) is 0. The summed E-state index contributed by atoms with van der Waals surface area (Å²) in [5, 5.41) is 2.19. The lowest BCUT2D eigenvalue weighted by Crippen LogP contribution is -2.56. The van der Waals surface area contributed by atoms with Gasteiger partial charge in [-0.2, -0.15) is 0 Å². The average molecular weight is 496 g/mol. The highest BCUT2D eigenvalue weighted by molar-refractivity contribution is 6.98. The summed E-state index contributed by atoms with van der Waals surface area (Å²) in [6.45, 7) is -0.0204. The van der Waals surface area contributed by atoms with Gasteiger partial charge in [-0.25, -0.2) is 0 Å². The number of furan rings is 1. The van der Waals surface area contributed by atoms with E-state index in [1.165, 1.54) is 44.3 Å². The predicted molar refractivity (Wildman–Crippen MR) is 161 cm³/mol. The second kappa shape index (κ2) is 7.75. The van der Waals surface area contributed by atoms with E-state index in [0.29, 0.717) is 0 Å². The Morgan fingerprint density at radius 3 is 1.82 bits per heavy atom. The van der Waals surface area contributed by atoms with Gasteiger partial charge < -0.3 is 9.15 Å². The van der Waals surface area contributed by atoms with Crippen molar-refractivity contribution in [3.8, 4) is 44.9 Å². The van der Waals surface area contributed by atoms with Crippen molar-refractivity contribution in [3.63, 3.8) is 0 Å². The number of benzene rings is 6. The molecule has 9 rings (SSSR count). The van der Waals surface area contributed by atoms with Crippen molar-refractivity contribution in [1.82, 2.24) is 0 Å². The molecule has 2 aliphatic rings. The minimum Gasteiger partial charge on any atom is -0.458 e. The minimum absolute atomic E-state index is 0.0204. The van der Waals surface area contributed by atoms with Gasteiger partial charge in [0, 0.05) is 10.8 Å². The second-order valence-electron chi connectivity index (χ2n) is 10.4. The fourth-order valence-electron chi connectivity index (χ4n) is 6.74. The zero-order valence-electron chi connectivity index (χ0n) is 21.0. The Bertz CT molecular complexity index is 2120. The van der Waals surface area contributed by atoms with Gasteiger partial charge in [-0.15, -0.1) is 0 Å². The largest absolute Gasteiger partial charge is 0.458 e. The summed E-state index contributed by atoms with van der Waals surface area (Å²) >= 11 is 0. The van der Waals surface area contributed by atoms with Crippen LogP contribution in [-0.2, 0) is 0 Å². The zero-order chi connectivity index (χ0) is 25.5. The Morgan fingerprint density at radius 2 is 1.03 bits per heavy atom. The van der Waals surface area contributed by atoms with Crippen molar-refractivity contribution in [3.05, 3.63) is 127 Å². The third-order valence-electron chi connectivity index (χ3n) is 8.39. The smallest absolute Gasteiger partial charge is 0.252 e. The Morgan fingerprint density at radius 1 is 0.410 bits per heavy atom. The third-order valence-corrected chi connectivity index (χ3v) is 8.39. The Kier molecular flexibility index (Phi) is 4.17. The molecule has 0 atom stereocenters. The molecule has 0 spiro atoms. The van der Waals surface area contributed by atoms with Crippen LogP contribution in [0.5, 0.6) is 11.5 Å². The molecule has 0 unspecified atom stereocenters. The van der Waals surface area contributed by atoms with Gasteiger partial charge in [0.2, 0.25) is 0 Å². The minimum atomic E-state index is -0.0204. The molecule has 0 saturated carbocycles. The van der Waals surface area contributed by atoms with E-state index < -0.39 is 0 Å². The summed E-state index contributed by atoms with van der Waals surface area (Å²) in [4.78, 5) is 0. The zero-order valence-corrected chi connectivity index (χ0v) is 21.0. The number of fused-ring (bicyclic) bond motifs is 12. The molecule has 2 nitrogen and oxygen atoms in total. The van der Waals surface area contributed by atoms with Crippen LogP contribution >= 0.6 is 0 Å². The van der Waals surface area contributed by atoms with Crippen LogP contribution < -0.4 is 21.1 Å². The van der Waals surface area contributed by atoms with Gasteiger partial charge in [-0.05, 0) is 68.6 Å². The Labute approximate surface area is 226 Å². The van der Waals surface area contributed by atoms with E-state index >= 15 is 0 Å². The lowest BCUT2D eigenvalue weighted by molar-refractivity contribution is 0.488. The Hall–Kier alpha value is -5.02. The molecule has 0 bridgehead atoms. The highest BCUT2D eigenvalue weighted by atomic mass is 16.5. The van der Waals surface area contributed by atoms with E-state index in [1.807, 2.05) is 12.1 Å². The van der Waals surface area contributed by atoms with Crippen LogP contribution in [0.15, 0.2) is 132 Å². The first kappa shape index (κ1) is 21.0. The third kappa shape index (κ3) is 2.87. The van der Waals surface area contributed by atoms with Crippen molar-refractivity contribution < 1.29 is 9.15 Å². The maximum atomic E-state index is 6.75. The number of hydrogen-bond donors (Lipinski definition) is 0. The van der Waals surface area contributed by atoms with Crippen molar-refractivity contribution in [2.45, 2.75) is 0 Å². The molecule has 6 aromatic carbocycles. The number of hydrogen-bond acceptors (Lipinski definition) is 2. The standard InChI is InChI=1S/C36H21BO2/c1-3-12-24-22(10-1)23-11-2-4-13-25(23)28-16-9-19-33-36(28)37(30-17-7-5-14-26(24)30)31-21-34-29(20-35(31)39-33)27-15-6-8-18-32(27)38-34/h1-21H. The van der Waals surface area contributed by atoms with Gasteiger partial charge in [0.15, 0.2) is 0 Å². The molecule has 39 heavy (non-hydrogen) atoms. The highest BCUT2D eigenvalue weighted by Crippen LogP contribution is 2.42. The first-order valence-corrected chi connectivity index (χ1v) is 13.4. The fourth-order valence-corrected chi connectivity index (χ4v) is 6.74. The first-order chi connectivity index (χ1) is 19.3. The molecule has 0 N–H and O–H groups in total. The van der Waals surface area contributed by atoms with E-state index in [-0.39, 0.29) is 6.71 Å². The predicted octanol–water partition coefficient (Wildman–Crippen LogP) is 7.52. The monoisotopic (exact) mass is 496 g/mol. The van der Waals surface area contributed by atoms with Gasteiger partial charge in [-0.1, -0.05) is 109 Å². The number of ether oxygens (including phenoxy) is 1. The van der Waals surface area contributed by atoms with Crippen molar-refractivity contribution in [1.29, 1.82) is 0 Å². The molecule has 3 heterocycles. The summed E-state index contributed by atoms with van der Waals surface area (Å²) in [7, 11) is 0. The van der Waals surface area contributed by atoms with Gasteiger partial charge in [0.25, 0.3) is 6.71 Å². The first-order valence-electron chi connectivity index (χ1n) is 13.4. The lowest BCUT2D eigenvalue weighted by Gasteiger charge is -2.29. The molecule has 1 aromatic heterocycles. The van der Waals surface area contributed by atoms with Gasteiger partial charge in [0.1, 0.15) is 22.7 Å². The topological polar surface area (TPSA) is 22.4 Å². The van der Waals surface area contributed by atoms with Gasteiger partial charge in [0.05, 0.1) is 0 Å². The molecular formula is C36H21BO2. The van der Waals surface area contributed by atoms with E-state index in [1.54, 1.807) is 0 Å². The average Bonchev–Trinajstić information content (AvgIpc) is 3.37. The molecule has 3 heteroatoms. The molecule has 0 aliphatic carbocycles. The molecule has 7 aromatic rings. The summed E-state index contributed by atoms with van der Waals surface area (Å²) in [6, 6.07) is 45.5. The Balaban J connectivity index is 1.45. The fraction of sp³-hybridized carbons (Fsp3) is 0. The van der Waals surface area contributed by atoms with Crippen LogP contribution in [0.3, 0.4) is 0 Å². The summed E-state index contributed by atoms with van der Waals surface area (Å²) < 4.78 is 13.1. The van der Waals surface area contributed by atoms with Crippen LogP contribution in [-0.4, -0.2) is 6.71 Å². The molecule has 2 aliphatic heterocycles. The molecular weight excluding hydrogens is 475 g/mol. The SMILES string of the molecule is c1ccc2c(c1)B1c3cc4oc5ccccc5c4cc3Oc3cccc(c31)-c1ccccc1-c1ccccc1-2. The summed E-state index contributed by atoms with van der Waals surface area (Å²) in [5.41, 5.74) is 12.8. The van der Waals surface area contributed by atoms with Crippen LogP contribution in [0.25, 0.3) is 55.3 Å². The van der Waals surface area contributed by atoms with Crippen LogP contribution in [0.1, 0.15) is 0 Å². The van der Waals surface area contributed by atoms with Crippen molar-refractivity contribution in [2.75, 3.05) is 0 Å². The van der Waals surface area contributed by atoms with Gasteiger partial charge >= 0.3 is 0 Å². The van der Waals surface area contributed by atoms with E-state index in [4.69, 9.17) is 9.15 Å². The van der Waals surface area contributed by atoms with E-state index in [0.717, 1.165) is 38.9 Å². The maximum Gasteiger partial charge on any atom is 0.252 e. The quantitative estimate of drug-likeness (QED) is 0.203. The summed E-state index contributed by atoms with van der Waals surface area (Å²) in [5.74, 6) is 1.80. The second-order valence-corrected chi connectivity index (χ2v) is 10.4. The van der Waals surface area contributed by atoms with Crippen molar-refractivity contribution >= 4 is 45.0 Å². The molecule has 0 radical (unpaired) electrons. The molecule has 0 fully saturated rings. The van der Waals surface area contributed by atoms with E-state index in [2.05, 4.69) is 115 Å². The molecule has 180 valence electrons. The van der Waals surface area contributed by atoms with Crippen LogP contribution in [0.4, 0.5) is 0 Å². The lowest BCUT2D eigenvalue weighted by atomic mass is 9.34. The number of rotatable bonds is 0. The molecule has 0 saturated heterocycles. The normalized spacial score (nSPS) is 12.8. The highest BCUT2D eigenvalue weighted by Gasteiger charge is 2.38. The van der Waals surface area contributed by atoms with E-state index in [9.17, 15) is 0 Å². The van der Waals surface area contributed by atoms with Crippen LogP contribution in [0, 0.1) is 0 Å². The van der Waals surface area contributed by atoms with Crippen molar-refractivity contribution in [2.24, 2.45) is 0 Å².